The maximum Gasteiger partial charge on any atom is 0.276 e. The molecule has 0 fully saturated rings. The van der Waals surface area contributed by atoms with Gasteiger partial charge in [0.1, 0.15) is 5.01 Å². The molecule has 3 aromatic rings. The molecular formula is C17H18N6OS2. The predicted molar refractivity (Wildman–Crippen MR) is 102 cm³/mol. The minimum Gasteiger partial charge on any atom is -0.320 e. The van der Waals surface area contributed by atoms with Crippen molar-refractivity contribution in [2.24, 2.45) is 0 Å². The van der Waals surface area contributed by atoms with Crippen molar-refractivity contribution < 1.29 is 4.79 Å². The van der Waals surface area contributed by atoms with Crippen LogP contribution in [0.25, 0.3) is 0 Å². The lowest BCUT2D eigenvalue weighted by molar-refractivity contribution is 0.102. The molecule has 0 radical (unpaired) electrons. The second-order valence-electron chi connectivity index (χ2n) is 6.08. The Bertz CT molecular complexity index is 964. The Morgan fingerprint density at radius 2 is 2.19 bits per heavy atom. The molecule has 3 N–H and O–H groups in total. The maximum absolute atomic E-state index is 12.6. The third-order valence-corrected chi connectivity index (χ3v) is 6.06. The van der Waals surface area contributed by atoms with Gasteiger partial charge >= 0.3 is 0 Å². The summed E-state index contributed by atoms with van der Waals surface area (Å²) in [4.78, 5) is 13.7. The summed E-state index contributed by atoms with van der Waals surface area (Å²) in [6.07, 6.45) is 0.867. The van der Waals surface area contributed by atoms with Gasteiger partial charge in [0.15, 0.2) is 10.0 Å². The number of aromatic amines is 1. The first-order chi connectivity index (χ1) is 12.6. The fraction of sp³-hybridized carbons (Fsp3) is 0.294. The van der Waals surface area contributed by atoms with Gasteiger partial charge in [0.2, 0.25) is 0 Å². The molecule has 26 heavy (non-hydrogen) atoms. The molecule has 7 nitrogen and oxygen atoms in total. The summed E-state index contributed by atoms with van der Waals surface area (Å²) in [6, 6.07) is 5.94. The summed E-state index contributed by atoms with van der Waals surface area (Å²) in [5, 5.41) is 22.5. The molecule has 0 saturated heterocycles. The zero-order chi connectivity index (χ0) is 18.1. The molecule has 0 saturated carbocycles. The first-order valence-corrected chi connectivity index (χ1v) is 9.90. The van der Waals surface area contributed by atoms with Gasteiger partial charge in [0.25, 0.3) is 5.91 Å². The minimum atomic E-state index is -0.186. The van der Waals surface area contributed by atoms with Crippen molar-refractivity contribution in [3.8, 4) is 0 Å². The number of amides is 1. The molecule has 3 heterocycles. The van der Waals surface area contributed by atoms with Crippen LogP contribution in [0, 0.1) is 13.8 Å². The van der Waals surface area contributed by atoms with Crippen LogP contribution in [0.3, 0.4) is 0 Å². The van der Waals surface area contributed by atoms with Gasteiger partial charge in [-0.3, -0.25) is 9.89 Å². The number of nitrogens with zero attached hydrogens (tertiary/aromatic N) is 3. The molecule has 1 amide bonds. The highest BCUT2D eigenvalue weighted by atomic mass is 32.2. The number of carbonyl (C=O) groups excluding carboxylic acids is 1. The lowest BCUT2D eigenvalue weighted by Gasteiger charge is -2.13. The zero-order valence-corrected chi connectivity index (χ0v) is 16.1. The van der Waals surface area contributed by atoms with Crippen LogP contribution in [0.2, 0.25) is 0 Å². The van der Waals surface area contributed by atoms with Gasteiger partial charge in [-0.05, 0) is 37.6 Å². The second kappa shape index (κ2) is 7.18. The largest absolute Gasteiger partial charge is 0.320 e. The second-order valence-corrected chi connectivity index (χ2v) is 8.58. The van der Waals surface area contributed by atoms with Gasteiger partial charge in [-0.1, -0.05) is 23.1 Å². The summed E-state index contributed by atoms with van der Waals surface area (Å²) >= 11 is 3.14. The van der Waals surface area contributed by atoms with E-state index in [1.807, 2.05) is 32.0 Å². The molecule has 1 aliphatic rings. The van der Waals surface area contributed by atoms with Gasteiger partial charge < -0.3 is 10.6 Å². The van der Waals surface area contributed by atoms with Crippen molar-refractivity contribution in [2.45, 2.75) is 36.0 Å². The molecule has 0 aliphatic carbocycles. The topological polar surface area (TPSA) is 95.6 Å². The van der Waals surface area contributed by atoms with Crippen LogP contribution in [0.5, 0.6) is 0 Å². The highest BCUT2D eigenvalue weighted by molar-refractivity contribution is 8.01. The SMILES string of the molecule is Cc1nnc(Sc2ccc(NC(=O)c3n[nH]c4c3CNCC4)c(C)c2)s1. The smallest absolute Gasteiger partial charge is 0.276 e. The van der Waals surface area contributed by atoms with Gasteiger partial charge in [-0.15, -0.1) is 10.2 Å². The summed E-state index contributed by atoms with van der Waals surface area (Å²) in [5.41, 5.74) is 4.25. The van der Waals surface area contributed by atoms with Gasteiger partial charge in [0, 0.05) is 41.4 Å². The van der Waals surface area contributed by atoms with E-state index in [0.29, 0.717) is 12.2 Å². The summed E-state index contributed by atoms with van der Waals surface area (Å²) in [7, 11) is 0. The number of aromatic nitrogens is 4. The van der Waals surface area contributed by atoms with E-state index < -0.39 is 0 Å². The molecule has 1 aromatic carbocycles. The van der Waals surface area contributed by atoms with E-state index in [1.165, 1.54) is 0 Å². The Morgan fingerprint density at radius 3 is 2.96 bits per heavy atom. The Labute approximate surface area is 159 Å². The van der Waals surface area contributed by atoms with E-state index in [-0.39, 0.29) is 5.91 Å². The molecule has 4 rings (SSSR count). The number of aryl methyl sites for hydroxylation is 2. The normalized spacial score (nSPS) is 13.5. The van der Waals surface area contributed by atoms with Crippen molar-refractivity contribution in [1.29, 1.82) is 0 Å². The molecular weight excluding hydrogens is 368 g/mol. The molecule has 0 atom stereocenters. The average molecular weight is 387 g/mol. The first-order valence-electron chi connectivity index (χ1n) is 8.27. The van der Waals surface area contributed by atoms with Crippen molar-refractivity contribution >= 4 is 34.7 Å². The van der Waals surface area contributed by atoms with E-state index in [9.17, 15) is 4.79 Å². The number of hydrogen-bond donors (Lipinski definition) is 3. The number of carbonyl (C=O) groups is 1. The number of H-pyrrole nitrogens is 1. The predicted octanol–water partition coefficient (Wildman–Crippen LogP) is 2.93. The lowest BCUT2D eigenvalue weighted by atomic mass is 10.1. The van der Waals surface area contributed by atoms with Crippen LogP contribution in [-0.4, -0.2) is 32.8 Å². The van der Waals surface area contributed by atoms with Crippen molar-refractivity contribution in [3.05, 3.63) is 45.7 Å². The number of hydrogen-bond acceptors (Lipinski definition) is 7. The van der Waals surface area contributed by atoms with Crippen LogP contribution in [0.4, 0.5) is 5.69 Å². The highest BCUT2D eigenvalue weighted by Crippen LogP contribution is 2.32. The van der Waals surface area contributed by atoms with Gasteiger partial charge in [-0.25, -0.2) is 0 Å². The number of nitrogens with one attached hydrogen (secondary N) is 3. The van der Waals surface area contributed by atoms with E-state index in [1.54, 1.807) is 23.1 Å². The molecule has 2 aromatic heterocycles. The summed E-state index contributed by atoms with van der Waals surface area (Å²) in [6.45, 7) is 5.49. The molecule has 1 aliphatic heterocycles. The van der Waals surface area contributed by atoms with Crippen LogP contribution < -0.4 is 10.6 Å². The zero-order valence-electron chi connectivity index (χ0n) is 14.4. The van der Waals surface area contributed by atoms with Gasteiger partial charge in [0.05, 0.1) is 0 Å². The van der Waals surface area contributed by atoms with E-state index in [4.69, 9.17) is 0 Å². The molecule has 0 spiro atoms. The molecule has 0 unspecified atom stereocenters. The summed E-state index contributed by atoms with van der Waals surface area (Å²) < 4.78 is 0.911. The third kappa shape index (κ3) is 3.50. The average Bonchev–Trinajstić information content (AvgIpc) is 3.23. The fourth-order valence-corrected chi connectivity index (χ4v) is 4.74. The number of fused-ring (bicyclic) bond motifs is 1. The Hall–Kier alpha value is -2.23. The highest BCUT2D eigenvalue weighted by Gasteiger charge is 2.22. The van der Waals surface area contributed by atoms with Crippen molar-refractivity contribution in [3.63, 3.8) is 0 Å². The van der Waals surface area contributed by atoms with Crippen molar-refractivity contribution in [2.75, 3.05) is 11.9 Å². The maximum atomic E-state index is 12.6. The molecule has 0 bridgehead atoms. The monoisotopic (exact) mass is 386 g/mol. The van der Waals surface area contributed by atoms with E-state index in [0.717, 1.165) is 49.7 Å². The Kier molecular flexibility index (Phi) is 4.75. The third-order valence-electron chi connectivity index (χ3n) is 4.18. The molecule has 9 heteroatoms. The quantitative estimate of drug-likeness (QED) is 0.638. The van der Waals surface area contributed by atoms with Crippen LogP contribution in [0.1, 0.15) is 32.3 Å². The fourth-order valence-electron chi connectivity index (χ4n) is 2.85. The summed E-state index contributed by atoms with van der Waals surface area (Å²) in [5.74, 6) is -0.186. The van der Waals surface area contributed by atoms with E-state index >= 15 is 0 Å². The minimum absolute atomic E-state index is 0.186. The van der Waals surface area contributed by atoms with Crippen LogP contribution in [-0.2, 0) is 13.0 Å². The van der Waals surface area contributed by atoms with Crippen molar-refractivity contribution in [1.82, 2.24) is 25.7 Å². The Morgan fingerprint density at radius 1 is 1.31 bits per heavy atom. The number of rotatable bonds is 4. The Balaban J connectivity index is 1.49. The molecule has 134 valence electrons. The lowest BCUT2D eigenvalue weighted by Crippen LogP contribution is -2.25. The number of anilines is 1. The van der Waals surface area contributed by atoms with E-state index in [2.05, 4.69) is 31.0 Å². The van der Waals surface area contributed by atoms with Crippen LogP contribution >= 0.6 is 23.1 Å². The van der Waals surface area contributed by atoms with Crippen LogP contribution in [0.15, 0.2) is 27.4 Å². The first kappa shape index (κ1) is 17.2. The standard InChI is InChI=1S/C17H18N6OS2/c1-9-7-11(26-17-23-20-10(2)25-17)3-4-13(9)19-16(24)15-12-8-18-6-5-14(12)21-22-15/h3-4,7,18H,5-6,8H2,1-2H3,(H,19,24)(H,21,22). The van der Waals surface area contributed by atoms with Gasteiger partial charge in [-0.2, -0.15) is 5.10 Å². The number of benzene rings is 1.